The van der Waals surface area contributed by atoms with Gasteiger partial charge in [0.15, 0.2) is 5.96 Å². The Morgan fingerprint density at radius 3 is 2.46 bits per heavy atom. The van der Waals surface area contributed by atoms with Gasteiger partial charge >= 0.3 is 6.09 Å². The minimum absolute atomic E-state index is 0.0479. The highest BCUT2D eigenvalue weighted by atomic mass is 32.1. The second-order valence-electron chi connectivity index (χ2n) is 6.74. The fraction of sp³-hybridized carbons (Fsp3) is 0.588. The van der Waals surface area contributed by atoms with Crippen molar-refractivity contribution < 1.29 is 14.3 Å². The van der Waals surface area contributed by atoms with Crippen LogP contribution in [0.4, 0.5) is 4.79 Å². The van der Waals surface area contributed by atoms with Crippen molar-refractivity contribution in [3.05, 3.63) is 22.4 Å². The van der Waals surface area contributed by atoms with E-state index in [2.05, 4.69) is 20.9 Å². The molecule has 0 aliphatic carbocycles. The Morgan fingerprint density at radius 1 is 1.19 bits per heavy atom. The number of nitrogens with zero attached hydrogens (tertiary/aromatic N) is 2. The number of alkyl carbamates (subject to hydrolysis) is 1. The Morgan fingerprint density at radius 2 is 1.88 bits per heavy atom. The number of carbonyl (C=O) groups is 2. The number of carbonyl (C=O) groups excluding carboxylic acids is 2. The molecular formula is C17H29N5O3S. The molecule has 0 bridgehead atoms. The molecule has 0 fully saturated rings. The van der Waals surface area contributed by atoms with E-state index in [0.717, 1.165) is 4.88 Å². The summed E-state index contributed by atoms with van der Waals surface area (Å²) in [6, 6.07) is 4.00. The Hall–Kier alpha value is -2.29. The normalized spacial score (nSPS) is 11.7. The smallest absolute Gasteiger partial charge is 0.407 e. The van der Waals surface area contributed by atoms with Crippen molar-refractivity contribution in [3.63, 3.8) is 0 Å². The van der Waals surface area contributed by atoms with Crippen LogP contribution in [-0.2, 0) is 16.1 Å². The summed E-state index contributed by atoms with van der Waals surface area (Å²) in [5.41, 5.74) is -0.529. The maximum absolute atomic E-state index is 11.7. The fourth-order valence-corrected chi connectivity index (χ4v) is 2.35. The lowest BCUT2D eigenvalue weighted by Gasteiger charge is -2.20. The zero-order valence-electron chi connectivity index (χ0n) is 16.1. The van der Waals surface area contributed by atoms with Gasteiger partial charge in [-0.05, 0) is 32.2 Å². The Bertz CT molecular complexity index is 594. The van der Waals surface area contributed by atoms with Gasteiger partial charge < -0.3 is 25.6 Å². The van der Waals surface area contributed by atoms with Gasteiger partial charge in [0.05, 0.1) is 6.54 Å². The topological polar surface area (TPSA) is 95.1 Å². The third kappa shape index (κ3) is 9.87. The van der Waals surface area contributed by atoms with Crippen LogP contribution in [0.2, 0.25) is 0 Å². The summed E-state index contributed by atoms with van der Waals surface area (Å²) in [7, 11) is 3.38. The molecule has 0 atom stereocenters. The summed E-state index contributed by atoms with van der Waals surface area (Å²) >= 11 is 1.64. The van der Waals surface area contributed by atoms with Crippen molar-refractivity contribution in [3.8, 4) is 0 Å². The Balaban J connectivity index is 2.46. The first kappa shape index (κ1) is 21.8. The van der Waals surface area contributed by atoms with Gasteiger partial charge in [0, 0.05) is 32.1 Å². The van der Waals surface area contributed by atoms with Crippen molar-refractivity contribution in [2.24, 2.45) is 4.99 Å². The molecule has 8 nitrogen and oxygen atoms in total. The van der Waals surface area contributed by atoms with Gasteiger partial charge in [-0.25, -0.2) is 9.79 Å². The monoisotopic (exact) mass is 383 g/mol. The second kappa shape index (κ2) is 10.6. The predicted molar refractivity (Wildman–Crippen MR) is 104 cm³/mol. The average Bonchev–Trinajstić information content (AvgIpc) is 3.04. The summed E-state index contributed by atoms with van der Waals surface area (Å²) in [5.74, 6) is 0.425. The van der Waals surface area contributed by atoms with Gasteiger partial charge in [0.25, 0.3) is 0 Å². The highest BCUT2D eigenvalue weighted by molar-refractivity contribution is 7.09. The summed E-state index contributed by atoms with van der Waals surface area (Å²) in [5, 5.41) is 10.9. The number of amides is 2. The molecule has 0 saturated carbocycles. The number of rotatable bonds is 7. The number of thiophene rings is 1. The summed E-state index contributed by atoms with van der Waals surface area (Å²) in [6.45, 7) is 6.91. The van der Waals surface area contributed by atoms with E-state index in [-0.39, 0.29) is 12.5 Å². The van der Waals surface area contributed by atoms with Gasteiger partial charge in [0.1, 0.15) is 12.1 Å². The van der Waals surface area contributed by atoms with E-state index >= 15 is 0 Å². The van der Waals surface area contributed by atoms with Crippen LogP contribution in [0.1, 0.15) is 25.6 Å². The van der Waals surface area contributed by atoms with Crippen LogP contribution in [0.5, 0.6) is 0 Å². The van der Waals surface area contributed by atoms with Crippen LogP contribution in [0.3, 0.4) is 0 Å². The molecule has 0 aliphatic rings. The molecule has 0 radical (unpaired) electrons. The number of hydrogen-bond acceptors (Lipinski definition) is 5. The van der Waals surface area contributed by atoms with Crippen molar-refractivity contribution >= 4 is 29.3 Å². The van der Waals surface area contributed by atoms with Crippen LogP contribution in [0, 0.1) is 0 Å². The largest absolute Gasteiger partial charge is 0.444 e. The quantitative estimate of drug-likeness (QED) is 0.376. The second-order valence-corrected chi connectivity index (χ2v) is 7.77. The minimum atomic E-state index is -0.529. The van der Waals surface area contributed by atoms with E-state index in [9.17, 15) is 9.59 Å². The van der Waals surface area contributed by atoms with Crippen LogP contribution < -0.4 is 16.0 Å². The number of ether oxygens (including phenoxy) is 1. The first-order chi connectivity index (χ1) is 12.2. The van der Waals surface area contributed by atoms with Crippen molar-refractivity contribution in [2.45, 2.75) is 32.9 Å². The van der Waals surface area contributed by atoms with Crippen LogP contribution in [0.25, 0.3) is 0 Å². The number of guanidine groups is 1. The molecule has 1 rings (SSSR count). The summed E-state index contributed by atoms with van der Waals surface area (Å²) in [6.07, 6.45) is -0.466. The summed E-state index contributed by atoms with van der Waals surface area (Å²) < 4.78 is 5.17. The maximum Gasteiger partial charge on any atom is 0.407 e. The van der Waals surface area contributed by atoms with Crippen molar-refractivity contribution in [1.82, 2.24) is 20.9 Å². The lowest BCUT2D eigenvalue weighted by atomic mass is 10.2. The van der Waals surface area contributed by atoms with Gasteiger partial charge in [-0.3, -0.25) is 4.79 Å². The maximum atomic E-state index is 11.7. The minimum Gasteiger partial charge on any atom is -0.444 e. The van der Waals surface area contributed by atoms with Crippen LogP contribution in [-0.4, -0.2) is 62.2 Å². The van der Waals surface area contributed by atoms with Gasteiger partial charge in [-0.2, -0.15) is 0 Å². The van der Waals surface area contributed by atoms with E-state index in [0.29, 0.717) is 25.6 Å². The first-order valence-electron chi connectivity index (χ1n) is 8.39. The first-order valence-corrected chi connectivity index (χ1v) is 9.27. The molecule has 3 N–H and O–H groups in total. The predicted octanol–water partition coefficient (Wildman–Crippen LogP) is 1.40. The van der Waals surface area contributed by atoms with E-state index < -0.39 is 11.7 Å². The molecule has 0 unspecified atom stereocenters. The van der Waals surface area contributed by atoms with E-state index in [1.54, 1.807) is 25.4 Å². The van der Waals surface area contributed by atoms with E-state index in [1.165, 1.54) is 4.90 Å². The number of aliphatic imine (C=N–C) groups is 1. The third-order valence-electron chi connectivity index (χ3n) is 2.97. The Labute approximate surface area is 159 Å². The molecule has 0 aromatic carbocycles. The SMILES string of the molecule is CN(C)C(=O)CN=C(NCCNC(=O)OC(C)(C)C)NCc1cccs1. The molecular weight excluding hydrogens is 354 g/mol. The van der Waals surface area contributed by atoms with Gasteiger partial charge in [-0.15, -0.1) is 11.3 Å². The van der Waals surface area contributed by atoms with Crippen LogP contribution in [0.15, 0.2) is 22.5 Å². The molecule has 0 aliphatic heterocycles. The molecule has 1 aromatic rings. The molecule has 146 valence electrons. The Kier molecular flexibility index (Phi) is 8.91. The molecule has 26 heavy (non-hydrogen) atoms. The van der Waals surface area contributed by atoms with Crippen molar-refractivity contribution in [1.29, 1.82) is 0 Å². The van der Waals surface area contributed by atoms with Gasteiger partial charge in [-0.1, -0.05) is 6.07 Å². The molecule has 1 heterocycles. The van der Waals surface area contributed by atoms with Crippen molar-refractivity contribution in [2.75, 3.05) is 33.7 Å². The highest BCUT2D eigenvalue weighted by Gasteiger charge is 2.15. The standard InChI is InChI=1S/C17H29N5O3S/c1-17(2,3)25-16(24)19-9-8-18-15(21-12-14(23)22(4)5)20-11-13-7-6-10-26-13/h6-7,10H,8-9,11-12H2,1-5H3,(H,19,24)(H2,18,20,21). The average molecular weight is 384 g/mol. The highest BCUT2D eigenvalue weighted by Crippen LogP contribution is 2.07. The molecule has 2 amide bonds. The molecule has 9 heteroatoms. The number of hydrogen-bond donors (Lipinski definition) is 3. The number of nitrogens with one attached hydrogen (secondary N) is 3. The zero-order valence-corrected chi connectivity index (χ0v) is 16.9. The molecule has 1 aromatic heterocycles. The van der Waals surface area contributed by atoms with Crippen LogP contribution >= 0.6 is 11.3 Å². The lowest BCUT2D eigenvalue weighted by Crippen LogP contribution is -2.42. The summed E-state index contributed by atoms with van der Waals surface area (Å²) in [4.78, 5) is 30.3. The lowest BCUT2D eigenvalue weighted by molar-refractivity contribution is -0.127. The molecule has 0 saturated heterocycles. The molecule has 0 spiro atoms. The zero-order chi connectivity index (χ0) is 19.6. The number of likely N-dealkylation sites (N-methyl/N-ethyl adjacent to an activating group) is 1. The fourth-order valence-electron chi connectivity index (χ4n) is 1.71. The van der Waals surface area contributed by atoms with E-state index in [1.807, 2.05) is 38.3 Å². The van der Waals surface area contributed by atoms with E-state index in [4.69, 9.17) is 4.74 Å². The van der Waals surface area contributed by atoms with Gasteiger partial charge in [0.2, 0.25) is 5.91 Å². The third-order valence-corrected chi connectivity index (χ3v) is 3.84.